The van der Waals surface area contributed by atoms with E-state index in [4.69, 9.17) is 10.2 Å². The fourth-order valence-corrected chi connectivity index (χ4v) is 2.11. The van der Waals surface area contributed by atoms with E-state index >= 15 is 0 Å². The van der Waals surface area contributed by atoms with Gasteiger partial charge in [-0.25, -0.2) is 4.98 Å². The van der Waals surface area contributed by atoms with E-state index in [2.05, 4.69) is 9.97 Å². The van der Waals surface area contributed by atoms with Gasteiger partial charge in [-0.1, -0.05) is 10.6 Å². The van der Waals surface area contributed by atoms with Crippen molar-refractivity contribution in [2.75, 3.05) is 6.61 Å². The fraction of sp³-hybridized carbons (Fsp3) is 0.333. The van der Waals surface area contributed by atoms with Crippen molar-refractivity contribution >= 4 is 27.3 Å². The molecule has 0 saturated carbocycles. The molecule has 0 aliphatic rings. The molecular formula is C9H12N2O8S. The van der Waals surface area contributed by atoms with Crippen LogP contribution >= 0.6 is 10.6 Å². The van der Waals surface area contributed by atoms with Crippen molar-refractivity contribution in [3.05, 3.63) is 12.4 Å². The van der Waals surface area contributed by atoms with Crippen molar-refractivity contribution in [3.8, 4) is 0 Å². The first-order valence-electron chi connectivity index (χ1n) is 5.10. The van der Waals surface area contributed by atoms with E-state index in [1.807, 2.05) is 0 Å². The highest BCUT2D eigenvalue weighted by atomic mass is 32.3. The number of aliphatic hydroxyl groups excluding tert-OH is 3. The number of aromatic nitrogens is 2. The van der Waals surface area contributed by atoms with Crippen LogP contribution in [0.4, 0.5) is 0 Å². The Morgan fingerprint density at radius 3 is 2.35 bits per heavy atom. The predicted octanol–water partition coefficient (Wildman–Crippen LogP) is -2.10. The molecule has 1 aromatic heterocycles. The number of nitrogens with zero attached hydrogens (tertiary/aromatic N) is 1. The van der Waals surface area contributed by atoms with Gasteiger partial charge in [-0.05, 0) is 0 Å². The Morgan fingerprint density at radius 1 is 1.30 bits per heavy atom. The number of hydrogen-bond donors (Lipinski definition) is 6. The highest BCUT2D eigenvalue weighted by molar-refractivity contribution is 8.38. The molecule has 0 bridgehead atoms. The molecule has 11 heteroatoms. The maximum atomic E-state index is 11.6. The number of rotatable bonds is 6. The molecule has 10 nitrogen and oxygen atoms in total. The molecule has 2 atom stereocenters. The van der Waals surface area contributed by atoms with Gasteiger partial charge in [0.05, 0.1) is 6.61 Å². The number of ketones is 2. The Labute approximate surface area is 113 Å². The number of imidazole rings is 1. The standard InChI is InChI=1S/C9H12N2O8S/c12-3-4(13)5(14)6(15)7(16)8(17)20(18,19)9-10-1-2-11-9/h1-2,4-5,12-14,18-19H,3H2,(H,10,11)/t4-,5-/m1/s1. The second-order valence-corrected chi connectivity index (χ2v) is 5.47. The molecule has 0 aromatic carbocycles. The molecular weight excluding hydrogens is 296 g/mol. The van der Waals surface area contributed by atoms with E-state index in [0.717, 1.165) is 12.4 Å². The Balaban J connectivity index is 2.92. The number of Topliss-reactive ketones (excluding diaryl/α,β-unsaturated/α-hetero) is 2. The molecule has 0 fully saturated rings. The molecule has 0 spiro atoms. The van der Waals surface area contributed by atoms with E-state index in [0.29, 0.717) is 0 Å². The lowest BCUT2D eigenvalue weighted by Crippen LogP contribution is -2.43. The minimum atomic E-state index is -4.34. The van der Waals surface area contributed by atoms with Crippen LogP contribution in [0.1, 0.15) is 0 Å². The minimum Gasteiger partial charge on any atom is -0.394 e. The lowest BCUT2D eigenvalue weighted by molar-refractivity contribution is -0.149. The number of carbonyl (C=O) groups is 3. The Morgan fingerprint density at radius 2 is 1.90 bits per heavy atom. The molecule has 20 heavy (non-hydrogen) atoms. The third-order valence-corrected chi connectivity index (χ3v) is 3.70. The highest BCUT2D eigenvalue weighted by Gasteiger charge is 2.41. The molecule has 0 aliphatic carbocycles. The van der Waals surface area contributed by atoms with Crippen LogP contribution in [0.5, 0.6) is 0 Å². The number of aromatic amines is 1. The third-order valence-electron chi connectivity index (χ3n) is 2.23. The van der Waals surface area contributed by atoms with Crippen LogP contribution < -0.4 is 0 Å². The Kier molecular flexibility index (Phi) is 5.10. The van der Waals surface area contributed by atoms with Gasteiger partial charge >= 0.3 is 5.12 Å². The predicted molar refractivity (Wildman–Crippen MR) is 63.8 cm³/mol. The van der Waals surface area contributed by atoms with Crippen LogP contribution in [0.15, 0.2) is 17.6 Å². The first kappa shape index (κ1) is 16.4. The van der Waals surface area contributed by atoms with E-state index in [9.17, 15) is 28.6 Å². The Hall–Kier alpha value is -1.63. The largest absolute Gasteiger partial charge is 0.394 e. The van der Waals surface area contributed by atoms with E-state index in [1.165, 1.54) is 0 Å². The van der Waals surface area contributed by atoms with Crippen LogP contribution in [0.2, 0.25) is 0 Å². The fourth-order valence-electron chi connectivity index (χ4n) is 1.13. The molecule has 0 unspecified atom stereocenters. The van der Waals surface area contributed by atoms with Gasteiger partial charge < -0.3 is 20.3 Å². The summed E-state index contributed by atoms with van der Waals surface area (Å²) >= 11 is 0. The number of H-pyrrole nitrogens is 1. The zero-order chi connectivity index (χ0) is 15.5. The van der Waals surface area contributed by atoms with Crippen molar-refractivity contribution in [2.45, 2.75) is 17.4 Å². The number of carbonyl (C=O) groups excluding carboxylic acids is 3. The lowest BCUT2D eigenvalue weighted by Gasteiger charge is -2.26. The zero-order valence-electron chi connectivity index (χ0n) is 9.83. The maximum Gasteiger partial charge on any atom is 0.321 e. The van der Waals surface area contributed by atoms with Gasteiger partial charge in [-0.3, -0.25) is 23.5 Å². The van der Waals surface area contributed by atoms with Crippen molar-refractivity contribution < 1.29 is 38.8 Å². The molecule has 0 saturated heterocycles. The topological polar surface area (TPSA) is 181 Å². The van der Waals surface area contributed by atoms with Crippen molar-refractivity contribution in [2.24, 2.45) is 0 Å². The van der Waals surface area contributed by atoms with Gasteiger partial charge in [0, 0.05) is 12.4 Å². The SMILES string of the molecule is O=C(C(=O)[C@H](O)[C@H](O)CO)C(=O)S(O)(O)c1ncc[nH]1. The van der Waals surface area contributed by atoms with Crippen molar-refractivity contribution in [3.63, 3.8) is 0 Å². The maximum absolute atomic E-state index is 11.6. The molecule has 1 rings (SSSR count). The van der Waals surface area contributed by atoms with Crippen LogP contribution in [0, 0.1) is 0 Å². The summed E-state index contributed by atoms with van der Waals surface area (Å²) in [6, 6.07) is 0. The van der Waals surface area contributed by atoms with Gasteiger partial charge in [-0.15, -0.1) is 0 Å². The van der Waals surface area contributed by atoms with Crippen molar-refractivity contribution in [1.82, 2.24) is 9.97 Å². The van der Waals surface area contributed by atoms with Gasteiger partial charge in [0.1, 0.15) is 12.2 Å². The smallest absolute Gasteiger partial charge is 0.321 e. The second-order valence-electron chi connectivity index (χ2n) is 3.62. The average molecular weight is 308 g/mol. The highest BCUT2D eigenvalue weighted by Crippen LogP contribution is 2.46. The summed E-state index contributed by atoms with van der Waals surface area (Å²) in [6.07, 6.45) is -2.06. The van der Waals surface area contributed by atoms with Crippen LogP contribution in [0.25, 0.3) is 0 Å². The molecule has 0 aliphatic heterocycles. The van der Waals surface area contributed by atoms with E-state index in [1.54, 1.807) is 0 Å². The van der Waals surface area contributed by atoms with Gasteiger partial charge in [0.2, 0.25) is 10.9 Å². The van der Waals surface area contributed by atoms with Crippen LogP contribution in [-0.4, -0.2) is 69.9 Å². The molecule has 1 aromatic rings. The summed E-state index contributed by atoms with van der Waals surface area (Å²) in [5.74, 6) is -3.68. The Bertz CT molecular complexity index is 514. The van der Waals surface area contributed by atoms with Crippen molar-refractivity contribution in [1.29, 1.82) is 0 Å². The first-order chi connectivity index (χ1) is 9.23. The van der Waals surface area contributed by atoms with Crippen LogP contribution in [-0.2, 0) is 14.4 Å². The third kappa shape index (κ3) is 3.09. The summed E-state index contributed by atoms with van der Waals surface area (Å²) in [7, 11) is -4.34. The molecule has 6 N–H and O–H groups in total. The van der Waals surface area contributed by atoms with Gasteiger partial charge in [-0.2, -0.15) is 0 Å². The monoisotopic (exact) mass is 308 g/mol. The molecule has 112 valence electrons. The number of aliphatic hydroxyl groups is 3. The lowest BCUT2D eigenvalue weighted by atomic mass is 10.1. The normalized spacial score (nSPS) is 15.4. The minimum absolute atomic E-state index is 0.610. The van der Waals surface area contributed by atoms with Crippen LogP contribution in [0.3, 0.4) is 0 Å². The molecule has 1 heterocycles. The number of hydrogen-bond acceptors (Lipinski definition) is 9. The first-order valence-corrected chi connectivity index (χ1v) is 6.65. The molecule has 0 amide bonds. The van der Waals surface area contributed by atoms with Gasteiger partial charge in [0.25, 0.3) is 5.78 Å². The zero-order valence-corrected chi connectivity index (χ0v) is 10.6. The van der Waals surface area contributed by atoms with E-state index < -0.39 is 51.2 Å². The second kappa shape index (κ2) is 6.21. The quantitative estimate of drug-likeness (QED) is 0.253. The average Bonchev–Trinajstić information content (AvgIpc) is 2.97. The number of nitrogens with one attached hydrogen (secondary N) is 1. The summed E-state index contributed by atoms with van der Waals surface area (Å²) in [5.41, 5.74) is 0. The summed E-state index contributed by atoms with van der Waals surface area (Å²) in [6.45, 7) is -1.02. The molecule has 0 radical (unpaired) electrons. The summed E-state index contributed by atoms with van der Waals surface area (Å²) in [5, 5.41) is 24.2. The van der Waals surface area contributed by atoms with Gasteiger partial charge in [0.15, 0.2) is 0 Å². The summed E-state index contributed by atoms with van der Waals surface area (Å²) in [4.78, 5) is 40.0. The summed E-state index contributed by atoms with van der Waals surface area (Å²) < 4.78 is 19.1. The van der Waals surface area contributed by atoms with E-state index in [-0.39, 0.29) is 0 Å².